The first-order chi connectivity index (χ1) is 9.68. The van der Waals surface area contributed by atoms with Gasteiger partial charge in [-0.1, -0.05) is 30.3 Å². The van der Waals surface area contributed by atoms with E-state index >= 15 is 0 Å². The van der Waals surface area contributed by atoms with Crippen molar-refractivity contribution in [1.82, 2.24) is 4.37 Å². The minimum absolute atomic E-state index is 0.370. The van der Waals surface area contributed by atoms with Gasteiger partial charge >= 0.3 is 0 Å². The molecule has 3 rings (SSSR count). The molecule has 0 aliphatic carbocycles. The summed E-state index contributed by atoms with van der Waals surface area (Å²) in [5.41, 5.74) is 7.09. The molecule has 1 unspecified atom stereocenters. The summed E-state index contributed by atoms with van der Waals surface area (Å²) in [6.07, 6.45) is 0.648. The Kier molecular flexibility index (Phi) is 3.60. The third-order valence-corrected chi connectivity index (χ3v) is 4.26. The van der Waals surface area contributed by atoms with Gasteiger partial charge in [0.2, 0.25) is 0 Å². The lowest BCUT2D eigenvalue weighted by molar-refractivity contribution is 0.0382. The van der Waals surface area contributed by atoms with E-state index in [-0.39, 0.29) is 0 Å². The van der Waals surface area contributed by atoms with Gasteiger partial charge < -0.3 is 20.9 Å². The maximum Gasteiger partial charge on any atom is 0.147 e. The van der Waals surface area contributed by atoms with Gasteiger partial charge in [0.15, 0.2) is 0 Å². The standard InChI is InChI=1S/C14H17N3O2S/c15-12-11(10-4-2-1-3-5-10)13(20-17-12)16-8-14(18)6-7-19-9-14/h1-5,16,18H,6-9H2,(H2,15,17). The Morgan fingerprint density at radius 3 is 2.90 bits per heavy atom. The smallest absolute Gasteiger partial charge is 0.147 e. The van der Waals surface area contributed by atoms with Gasteiger partial charge in [0, 0.05) is 19.6 Å². The monoisotopic (exact) mass is 291 g/mol. The minimum Gasteiger partial charge on any atom is -0.386 e. The molecular weight excluding hydrogens is 274 g/mol. The van der Waals surface area contributed by atoms with Crippen LogP contribution in [0.15, 0.2) is 30.3 Å². The third kappa shape index (κ3) is 2.63. The summed E-state index contributed by atoms with van der Waals surface area (Å²) >= 11 is 1.32. The molecule has 0 bridgehead atoms. The normalized spacial score (nSPS) is 22.1. The van der Waals surface area contributed by atoms with Gasteiger partial charge in [0.1, 0.15) is 16.4 Å². The Hall–Kier alpha value is -1.63. The fourth-order valence-electron chi connectivity index (χ4n) is 2.29. The highest BCUT2D eigenvalue weighted by Crippen LogP contribution is 2.37. The molecule has 2 heterocycles. The van der Waals surface area contributed by atoms with Crippen LogP contribution in [-0.4, -0.2) is 34.8 Å². The first-order valence-electron chi connectivity index (χ1n) is 6.52. The minimum atomic E-state index is -0.799. The van der Waals surface area contributed by atoms with Gasteiger partial charge in [-0.25, -0.2) is 0 Å². The molecule has 0 radical (unpaired) electrons. The van der Waals surface area contributed by atoms with Crippen molar-refractivity contribution in [1.29, 1.82) is 0 Å². The van der Waals surface area contributed by atoms with Gasteiger partial charge in [-0.05, 0) is 17.1 Å². The zero-order valence-electron chi connectivity index (χ0n) is 11.0. The van der Waals surface area contributed by atoms with Crippen molar-refractivity contribution in [3.05, 3.63) is 30.3 Å². The average molecular weight is 291 g/mol. The van der Waals surface area contributed by atoms with Gasteiger partial charge in [-0.3, -0.25) is 0 Å². The number of benzene rings is 1. The van der Waals surface area contributed by atoms with Crippen LogP contribution in [0.5, 0.6) is 0 Å². The first kappa shape index (κ1) is 13.4. The van der Waals surface area contributed by atoms with Crippen LogP contribution in [0.3, 0.4) is 0 Å². The van der Waals surface area contributed by atoms with Crippen LogP contribution in [0.4, 0.5) is 10.8 Å². The second-order valence-corrected chi connectivity index (χ2v) is 5.79. The second-order valence-electron chi connectivity index (χ2n) is 5.02. The molecule has 0 spiro atoms. The molecule has 1 atom stereocenters. The van der Waals surface area contributed by atoms with E-state index < -0.39 is 5.60 Å². The number of rotatable bonds is 4. The summed E-state index contributed by atoms with van der Waals surface area (Å²) in [7, 11) is 0. The number of ether oxygens (including phenoxy) is 1. The number of hydrogen-bond acceptors (Lipinski definition) is 6. The average Bonchev–Trinajstić information content (AvgIpc) is 3.05. The van der Waals surface area contributed by atoms with Crippen LogP contribution in [-0.2, 0) is 4.74 Å². The number of aromatic nitrogens is 1. The Labute approximate surface area is 121 Å². The van der Waals surface area contributed by atoms with Crippen LogP contribution < -0.4 is 11.1 Å². The van der Waals surface area contributed by atoms with E-state index in [0.717, 1.165) is 16.1 Å². The van der Waals surface area contributed by atoms with Crippen molar-refractivity contribution >= 4 is 22.4 Å². The van der Waals surface area contributed by atoms with E-state index in [1.54, 1.807) is 0 Å². The van der Waals surface area contributed by atoms with Gasteiger partial charge in [0.25, 0.3) is 0 Å². The number of nitrogens with one attached hydrogen (secondary N) is 1. The number of aliphatic hydroxyl groups is 1. The van der Waals surface area contributed by atoms with E-state index in [0.29, 0.717) is 32.0 Å². The molecule has 1 saturated heterocycles. The highest BCUT2D eigenvalue weighted by molar-refractivity contribution is 7.11. The van der Waals surface area contributed by atoms with Gasteiger partial charge in [-0.2, -0.15) is 4.37 Å². The Bertz CT molecular complexity index is 579. The molecule has 2 aromatic rings. The van der Waals surface area contributed by atoms with Crippen molar-refractivity contribution in [2.24, 2.45) is 0 Å². The SMILES string of the molecule is Nc1nsc(NCC2(O)CCOC2)c1-c1ccccc1. The lowest BCUT2D eigenvalue weighted by atomic mass is 10.0. The van der Waals surface area contributed by atoms with Crippen LogP contribution in [0.25, 0.3) is 11.1 Å². The second kappa shape index (κ2) is 5.40. The van der Waals surface area contributed by atoms with Crippen molar-refractivity contribution < 1.29 is 9.84 Å². The van der Waals surface area contributed by atoms with E-state index in [2.05, 4.69) is 9.69 Å². The summed E-state index contributed by atoms with van der Waals surface area (Å²) in [4.78, 5) is 0. The van der Waals surface area contributed by atoms with Crippen LogP contribution in [0.2, 0.25) is 0 Å². The molecule has 1 aliphatic heterocycles. The zero-order chi connectivity index (χ0) is 14.0. The molecule has 1 aromatic carbocycles. The Morgan fingerprint density at radius 1 is 1.40 bits per heavy atom. The number of nitrogen functional groups attached to an aromatic ring is 1. The molecule has 106 valence electrons. The molecular formula is C14H17N3O2S. The van der Waals surface area contributed by atoms with Crippen molar-refractivity contribution in [3.63, 3.8) is 0 Å². The largest absolute Gasteiger partial charge is 0.386 e. The maximum atomic E-state index is 10.3. The van der Waals surface area contributed by atoms with Crippen molar-refractivity contribution in [3.8, 4) is 11.1 Å². The molecule has 5 nitrogen and oxygen atoms in total. The topological polar surface area (TPSA) is 80.4 Å². The third-order valence-electron chi connectivity index (χ3n) is 3.44. The van der Waals surface area contributed by atoms with Crippen LogP contribution in [0, 0.1) is 0 Å². The highest BCUT2D eigenvalue weighted by Gasteiger charge is 2.32. The van der Waals surface area contributed by atoms with Gasteiger partial charge in [-0.15, -0.1) is 0 Å². The molecule has 1 fully saturated rings. The van der Waals surface area contributed by atoms with Crippen molar-refractivity contribution in [2.75, 3.05) is 30.8 Å². The molecule has 6 heteroatoms. The summed E-state index contributed by atoms with van der Waals surface area (Å²) in [6, 6.07) is 9.89. The molecule has 0 saturated carbocycles. The summed E-state index contributed by atoms with van der Waals surface area (Å²) in [5.74, 6) is 0.512. The lowest BCUT2D eigenvalue weighted by Crippen LogP contribution is -2.37. The fourth-order valence-corrected chi connectivity index (χ4v) is 3.02. The summed E-state index contributed by atoms with van der Waals surface area (Å²) in [5, 5.41) is 14.4. The zero-order valence-corrected chi connectivity index (χ0v) is 11.8. The molecule has 4 N–H and O–H groups in total. The lowest BCUT2D eigenvalue weighted by Gasteiger charge is -2.21. The predicted octanol–water partition coefficient (Wildman–Crippen LogP) is 1.96. The fraction of sp³-hybridized carbons (Fsp3) is 0.357. The van der Waals surface area contributed by atoms with E-state index in [1.807, 2.05) is 30.3 Å². The number of nitrogens with two attached hydrogens (primary N) is 1. The maximum absolute atomic E-state index is 10.3. The quantitative estimate of drug-likeness (QED) is 0.802. The Balaban J connectivity index is 1.81. The first-order valence-corrected chi connectivity index (χ1v) is 7.30. The molecule has 0 amide bonds. The van der Waals surface area contributed by atoms with Crippen molar-refractivity contribution in [2.45, 2.75) is 12.0 Å². The Morgan fingerprint density at radius 2 is 2.20 bits per heavy atom. The van der Waals surface area contributed by atoms with Crippen LogP contribution >= 0.6 is 11.5 Å². The number of hydrogen-bond donors (Lipinski definition) is 3. The number of nitrogens with zero attached hydrogens (tertiary/aromatic N) is 1. The predicted molar refractivity (Wildman–Crippen MR) is 80.8 cm³/mol. The van der Waals surface area contributed by atoms with Crippen LogP contribution in [0.1, 0.15) is 6.42 Å². The van der Waals surface area contributed by atoms with E-state index in [4.69, 9.17) is 10.5 Å². The van der Waals surface area contributed by atoms with Gasteiger partial charge in [0.05, 0.1) is 12.2 Å². The van der Waals surface area contributed by atoms with E-state index in [1.165, 1.54) is 11.5 Å². The highest BCUT2D eigenvalue weighted by atomic mass is 32.1. The molecule has 1 aromatic heterocycles. The summed E-state index contributed by atoms with van der Waals surface area (Å²) < 4.78 is 9.45. The molecule has 1 aliphatic rings. The summed E-state index contributed by atoms with van der Waals surface area (Å²) in [6.45, 7) is 1.41. The number of anilines is 2. The van der Waals surface area contributed by atoms with E-state index in [9.17, 15) is 5.11 Å². The molecule has 20 heavy (non-hydrogen) atoms.